The Labute approximate surface area is 157 Å². The molecule has 8 heteroatoms. The number of amides is 1. The van der Waals surface area contributed by atoms with Crippen LogP contribution in [-0.4, -0.2) is 25.7 Å². The molecule has 1 amide bonds. The van der Waals surface area contributed by atoms with Crippen molar-refractivity contribution in [1.82, 2.24) is 19.7 Å². The number of benzene rings is 1. The quantitative estimate of drug-likeness (QED) is 0.566. The van der Waals surface area contributed by atoms with Gasteiger partial charge in [0, 0.05) is 25.5 Å². The van der Waals surface area contributed by atoms with E-state index in [-0.39, 0.29) is 5.56 Å². The average molecular weight is 365 g/mol. The number of carbonyl (C=O) groups excluding carboxylic acids is 1. The van der Waals surface area contributed by atoms with Crippen molar-refractivity contribution >= 4 is 23.4 Å². The van der Waals surface area contributed by atoms with E-state index in [4.69, 9.17) is 5.73 Å². The number of hydrogen-bond acceptors (Lipinski definition) is 6. The molecule has 2 aromatic heterocycles. The fourth-order valence-corrected chi connectivity index (χ4v) is 2.74. The highest BCUT2D eigenvalue weighted by molar-refractivity contribution is 5.97. The van der Waals surface area contributed by atoms with Crippen LogP contribution in [-0.2, 0) is 19.5 Å². The summed E-state index contributed by atoms with van der Waals surface area (Å²) in [5, 5.41) is 10.5. The molecule has 0 aliphatic heterocycles. The van der Waals surface area contributed by atoms with E-state index in [1.54, 1.807) is 10.9 Å². The van der Waals surface area contributed by atoms with E-state index in [0.717, 1.165) is 24.2 Å². The Kier molecular flexibility index (Phi) is 5.65. The summed E-state index contributed by atoms with van der Waals surface area (Å²) in [6.45, 7) is 5.42. The zero-order valence-corrected chi connectivity index (χ0v) is 15.4. The molecule has 0 aliphatic carbocycles. The Morgan fingerprint density at radius 3 is 2.63 bits per heavy atom. The zero-order valence-electron chi connectivity index (χ0n) is 15.4. The monoisotopic (exact) mass is 365 g/mol. The average Bonchev–Trinajstić information content (AvgIpc) is 3.14. The molecule has 0 radical (unpaired) electrons. The largest absolute Gasteiger partial charge is 0.365 e. The Morgan fingerprint density at radius 2 is 1.96 bits per heavy atom. The number of aryl methyl sites for hydroxylation is 2. The number of rotatable bonds is 8. The fourth-order valence-electron chi connectivity index (χ4n) is 2.74. The molecule has 0 spiro atoms. The fraction of sp³-hybridized carbons (Fsp3) is 0.263. The first-order valence-electron chi connectivity index (χ1n) is 8.87. The van der Waals surface area contributed by atoms with E-state index in [0.29, 0.717) is 18.3 Å². The molecule has 27 heavy (non-hydrogen) atoms. The number of primary amides is 1. The lowest BCUT2D eigenvalue weighted by Gasteiger charge is -2.13. The molecular weight excluding hydrogens is 342 g/mol. The molecular formula is C19H23N7O. The Bertz CT molecular complexity index is 935. The first-order valence-corrected chi connectivity index (χ1v) is 8.87. The molecule has 2 heterocycles. The number of aromatic nitrogens is 4. The predicted octanol–water partition coefficient (Wildman–Crippen LogP) is 2.71. The van der Waals surface area contributed by atoms with Gasteiger partial charge in [-0.05, 0) is 24.5 Å². The summed E-state index contributed by atoms with van der Waals surface area (Å²) >= 11 is 0. The van der Waals surface area contributed by atoms with Crippen LogP contribution < -0.4 is 16.4 Å². The van der Waals surface area contributed by atoms with Gasteiger partial charge in [0.05, 0.1) is 17.4 Å². The molecule has 0 aliphatic rings. The summed E-state index contributed by atoms with van der Waals surface area (Å²) in [5.41, 5.74) is 8.88. The number of nitrogens with zero attached hydrogens (tertiary/aromatic N) is 4. The molecule has 140 valence electrons. The van der Waals surface area contributed by atoms with Crippen LogP contribution in [0.4, 0.5) is 17.5 Å². The van der Waals surface area contributed by atoms with E-state index in [9.17, 15) is 4.79 Å². The Morgan fingerprint density at radius 1 is 1.19 bits per heavy atom. The van der Waals surface area contributed by atoms with Crippen molar-refractivity contribution in [3.8, 4) is 0 Å². The van der Waals surface area contributed by atoms with Crippen LogP contribution in [0.5, 0.6) is 0 Å². The topological polar surface area (TPSA) is 111 Å². The minimum absolute atomic E-state index is 0.249. The molecule has 0 fully saturated rings. The van der Waals surface area contributed by atoms with E-state index in [1.807, 2.05) is 25.3 Å². The van der Waals surface area contributed by atoms with Crippen molar-refractivity contribution in [1.29, 1.82) is 0 Å². The third-order valence-electron chi connectivity index (χ3n) is 4.21. The van der Waals surface area contributed by atoms with Crippen LogP contribution >= 0.6 is 0 Å². The number of nitrogens with two attached hydrogens (primary N) is 1. The molecule has 3 rings (SSSR count). The second-order valence-corrected chi connectivity index (χ2v) is 6.01. The maximum absolute atomic E-state index is 11.7. The number of nitrogens with one attached hydrogen (secondary N) is 2. The third kappa shape index (κ3) is 4.41. The van der Waals surface area contributed by atoms with Crippen LogP contribution in [0.1, 0.15) is 35.3 Å². The highest BCUT2D eigenvalue weighted by atomic mass is 16.1. The molecule has 0 bridgehead atoms. The molecule has 3 aromatic rings. The highest BCUT2D eigenvalue weighted by Crippen LogP contribution is 2.19. The van der Waals surface area contributed by atoms with Gasteiger partial charge in [0.2, 0.25) is 5.95 Å². The first-order chi connectivity index (χ1) is 13.1. The van der Waals surface area contributed by atoms with Gasteiger partial charge >= 0.3 is 0 Å². The molecule has 0 unspecified atom stereocenters. The first kappa shape index (κ1) is 18.4. The van der Waals surface area contributed by atoms with E-state index in [2.05, 4.69) is 44.8 Å². The summed E-state index contributed by atoms with van der Waals surface area (Å²) in [5.74, 6) is 0.183. The summed E-state index contributed by atoms with van der Waals surface area (Å²) in [4.78, 5) is 20.3. The standard InChI is InChI=1S/C19H23N7O/c1-3-13-7-5-6-8-14(13)9-21-18-16(17(20)27)11-22-19(25-18)24-15-10-23-26(4-2)12-15/h5-8,10-12H,3-4,9H2,1-2H3,(H2,20,27)(H2,21,22,24,25). The Hall–Kier alpha value is -3.42. The van der Waals surface area contributed by atoms with E-state index >= 15 is 0 Å². The van der Waals surface area contributed by atoms with Gasteiger partial charge in [-0.2, -0.15) is 10.1 Å². The SMILES string of the molecule is CCc1ccccc1CNc1nc(Nc2cnn(CC)c2)ncc1C(N)=O. The number of anilines is 3. The Balaban J connectivity index is 1.82. The van der Waals surface area contributed by atoms with Gasteiger partial charge < -0.3 is 16.4 Å². The lowest BCUT2D eigenvalue weighted by atomic mass is 10.1. The van der Waals surface area contributed by atoms with E-state index < -0.39 is 5.91 Å². The maximum atomic E-state index is 11.7. The van der Waals surface area contributed by atoms with Crippen molar-refractivity contribution in [3.63, 3.8) is 0 Å². The molecule has 0 atom stereocenters. The molecule has 4 N–H and O–H groups in total. The van der Waals surface area contributed by atoms with Crippen molar-refractivity contribution < 1.29 is 4.79 Å². The van der Waals surface area contributed by atoms with Gasteiger partial charge in [0.15, 0.2) is 0 Å². The van der Waals surface area contributed by atoms with E-state index in [1.165, 1.54) is 11.8 Å². The van der Waals surface area contributed by atoms with Crippen molar-refractivity contribution in [2.45, 2.75) is 33.4 Å². The lowest BCUT2D eigenvalue weighted by Crippen LogP contribution is -2.17. The smallest absolute Gasteiger partial charge is 0.254 e. The van der Waals surface area contributed by atoms with Crippen molar-refractivity contribution in [3.05, 3.63) is 59.5 Å². The minimum Gasteiger partial charge on any atom is -0.365 e. The number of carbonyl (C=O) groups is 1. The maximum Gasteiger partial charge on any atom is 0.254 e. The summed E-state index contributed by atoms with van der Waals surface area (Å²) < 4.78 is 1.79. The zero-order chi connectivity index (χ0) is 19.2. The van der Waals surface area contributed by atoms with Crippen LogP contribution in [0.15, 0.2) is 42.9 Å². The van der Waals surface area contributed by atoms with Crippen molar-refractivity contribution in [2.24, 2.45) is 5.73 Å². The van der Waals surface area contributed by atoms with Gasteiger partial charge in [-0.1, -0.05) is 31.2 Å². The lowest BCUT2D eigenvalue weighted by molar-refractivity contribution is 0.100. The van der Waals surface area contributed by atoms with Gasteiger partial charge in [-0.25, -0.2) is 4.98 Å². The molecule has 0 saturated heterocycles. The second-order valence-electron chi connectivity index (χ2n) is 6.01. The summed E-state index contributed by atoms with van der Waals surface area (Å²) in [6.07, 6.45) is 5.91. The normalized spacial score (nSPS) is 10.6. The number of hydrogen-bond donors (Lipinski definition) is 3. The molecule has 8 nitrogen and oxygen atoms in total. The van der Waals surface area contributed by atoms with Gasteiger partial charge in [-0.15, -0.1) is 0 Å². The van der Waals surface area contributed by atoms with Crippen LogP contribution in [0, 0.1) is 0 Å². The highest BCUT2D eigenvalue weighted by Gasteiger charge is 2.13. The van der Waals surface area contributed by atoms with Gasteiger partial charge in [0.1, 0.15) is 5.82 Å². The minimum atomic E-state index is -0.577. The molecule has 1 aromatic carbocycles. The van der Waals surface area contributed by atoms with Gasteiger partial charge in [0.25, 0.3) is 5.91 Å². The van der Waals surface area contributed by atoms with Crippen LogP contribution in [0.3, 0.4) is 0 Å². The summed E-state index contributed by atoms with van der Waals surface area (Å²) in [7, 11) is 0. The van der Waals surface area contributed by atoms with Crippen LogP contribution in [0.25, 0.3) is 0 Å². The van der Waals surface area contributed by atoms with Gasteiger partial charge in [-0.3, -0.25) is 9.48 Å². The summed E-state index contributed by atoms with van der Waals surface area (Å²) in [6, 6.07) is 8.14. The molecule has 0 saturated carbocycles. The predicted molar refractivity (Wildman–Crippen MR) is 105 cm³/mol. The van der Waals surface area contributed by atoms with Crippen molar-refractivity contribution in [2.75, 3.05) is 10.6 Å². The second kappa shape index (κ2) is 8.31. The van der Waals surface area contributed by atoms with Crippen LogP contribution in [0.2, 0.25) is 0 Å². The third-order valence-corrected chi connectivity index (χ3v) is 4.21.